The van der Waals surface area contributed by atoms with Gasteiger partial charge < -0.3 is 15.0 Å². The Labute approximate surface area is 109 Å². The molecule has 5 nitrogen and oxygen atoms in total. The summed E-state index contributed by atoms with van der Waals surface area (Å²) in [7, 11) is 0. The molecule has 5 heteroatoms. The van der Waals surface area contributed by atoms with Gasteiger partial charge >= 0.3 is 6.09 Å². The van der Waals surface area contributed by atoms with Crippen LogP contribution in [0.25, 0.3) is 0 Å². The number of hydrogen-bond donors (Lipinski definition) is 1. The summed E-state index contributed by atoms with van der Waals surface area (Å²) < 4.78 is 5.03. The van der Waals surface area contributed by atoms with E-state index in [0.29, 0.717) is 18.7 Å². The fraction of sp³-hybridized carbons (Fsp3) is 0.923. The van der Waals surface area contributed by atoms with E-state index in [4.69, 9.17) is 4.74 Å². The lowest BCUT2D eigenvalue weighted by Gasteiger charge is -2.41. The van der Waals surface area contributed by atoms with Gasteiger partial charge in [0.2, 0.25) is 0 Å². The van der Waals surface area contributed by atoms with E-state index in [-0.39, 0.29) is 6.09 Å². The zero-order valence-corrected chi connectivity index (χ0v) is 11.5. The van der Waals surface area contributed by atoms with Crippen LogP contribution in [0.4, 0.5) is 4.79 Å². The van der Waals surface area contributed by atoms with Crippen LogP contribution in [0.5, 0.6) is 0 Å². The average Bonchev–Trinajstić information content (AvgIpc) is 2.40. The third-order valence-electron chi connectivity index (χ3n) is 3.99. The van der Waals surface area contributed by atoms with Crippen LogP contribution in [0.1, 0.15) is 26.7 Å². The van der Waals surface area contributed by atoms with Crippen LogP contribution in [0.2, 0.25) is 0 Å². The number of nitrogens with zero attached hydrogens (tertiary/aromatic N) is 2. The summed E-state index contributed by atoms with van der Waals surface area (Å²) in [5, 5.41) is 3.54. The van der Waals surface area contributed by atoms with Gasteiger partial charge in [0.25, 0.3) is 0 Å². The Morgan fingerprint density at radius 2 is 2.00 bits per heavy atom. The number of piperidine rings is 1. The molecule has 2 heterocycles. The maximum atomic E-state index is 11.6. The molecule has 2 aliphatic heterocycles. The number of piperazine rings is 1. The normalized spacial score (nSPS) is 30.2. The molecule has 1 amide bonds. The summed E-state index contributed by atoms with van der Waals surface area (Å²) in [6, 6.07) is 1.30. The molecule has 0 radical (unpaired) electrons. The minimum Gasteiger partial charge on any atom is -0.450 e. The van der Waals surface area contributed by atoms with E-state index < -0.39 is 0 Å². The predicted molar refractivity (Wildman–Crippen MR) is 70.7 cm³/mol. The highest BCUT2D eigenvalue weighted by atomic mass is 16.6. The van der Waals surface area contributed by atoms with Crippen molar-refractivity contribution in [1.29, 1.82) is 0 Å². The first kappa shape index (κ1) is 13.6. The molecular weight excluding hydrogens is 230 g/mol. The summed E-state index contributed by atoms with van der Waals surface area (Å²) in [5.41, 5.74) is 0. The van der Waals surface area contributed by atoms with Crippen LogP contribution in [-0.4, -0.2) is 67.3 Å². The molecular formula is C13H25N3O2. The minimum absolute atomic E-state index is 0.160. The molecule has 0 bridgehead atoms. The monoisotopic (exact) mass is 255 g/mol. The van der Waals surface area contributed by atoms with E-state index in [9.17, 15) is 4.79 Å². The van der Waals surface area contributed by atoms with Crippen molar-refractivity contribution in [2.75, 3.05) is 39.3 Å². The molecule has 2 aliphatic rings. The number of ether oxygens (including phenoxy) is 1. The van der Waals surface area contributed by atoms with Crippen LogP contribution in [0, 0.1) is 0 Å². The van der Waals surface area contributed by atoms with E-state index in [1.807, 2.05) is 11.8 Å². The second-order valence-electron chi connectivity index (χ2n) is 5.26. The summed E-state index contributed by atoms with van der Waals surface area (Å²) in [4.78, 5) is 15.9. The van der Waals surface area contributed by atoms with Gasteiger partial charge in [0.05, 0.1) is 6.61 Å². The second kappa shape index (κ2) is 6.38. The standard InChI is InChI=1S/C13H25N3O2/c1-3-18-13(17)16-8-6-15(7-9-16)12-5-4-11(2)14-10-12/h11-12,14H,3-10H2,1-2H3. The van der Waals surface area contributed by atoms with E-state index in [1.54, 1.807) is 0 Å². The Morgan fingerprint density at radius 1 is 1.28 bits per heavy atom. The molecule has 2 rings (SSSR count). The van der Waals surface area contributed by atoms with Gasteiger partial charge in [0, 0.05) is 44.8 Å². The number of hydrogen-bond acceptors (Lipinski definition) is 4. The van der Waals surface area contributed by atoms with E-state index in [2.05, 4.69) is 17.1 Å². The maximum Gasteiger partial charge on any atom is 0.409 e. The second-order valence-corrected chi connectivity index (χ2v) is 5.26. The van der Waals surface area contributed by atoms with Gasteiger partial charge in [-0.05, 0) is 26.7 Å². The minimum atomic E-state index is -0.160. The number of carbonyl (C=O) groups excluding carboxylic acids is 1. The molecule has 0 saturated carbocycles. The third-order valence-corrected chi connectivity index (χ3v) is 3.99. The lowest BCUT2D eigenvalue weighted by Crippen LogP contribution is -2.56. The first-order chi connectivity index (χ1) is 8.70. The van der Waals surface area contributed by atoms with Gasteiger partial charge in [-0.15, -0.1) is 0 Å². The van der Waals surface area contributed by atoms with Crippen LogP contribution in [0.3, 0.4) is 0 Å². The Morgan fingerprint density at radius 3 is 2.56 bits per heavy atom. The molecule has 0 spiro atoms. The van der Waals surface area contributed by atoms with Crippen molar-refractivity contribution in [1.82, 2.24) is 15.1 Å². The fourth-order valence-electron chi connectivity index (χ4n) is 2.78. The number of rotatable bonds is 2. The molecule has 1 N–H and O–H groups in total. The van der Waals surface area contributed by atoms with Crippen LogP contribution in [0.15, 0.2) is 0 Å². The predicted octanol–water partition coefficient (Wildman–Crippen LogP) is 0.901. The van der Waals surface area contributed by atoms with Gasteiger partial charge in [-0.3, -0.25) is 4.90 Å². The molecule has 2 fully saturated rings. The van der Waals surface area contributed by atoms with Gasteiger partial charge in [-0.1, -0.05) is 0 Å². The highest BCUT2D eigenvalue weighted by molar-refractivity contribution is 5.67. The molecule has 0 aromatic carbocycles. The van der Waals surface area contributed by atoms with Crippen molar-refractivity contribution < 1.29 is 9.53 Å². The average molecular weight is 255 g/mol. The lowest BCUT2D eigenvalue weighted by molar-refractivity contribution is 0.0588. The van der Waals surface area contributed by atoms with Gasteiger partial charge in [-0.25, -0.2) is 4.79 Å². The Hall–Kier alpha value is -0.810. The summed E-state index contributed by atoms with van der Waals surface area (Å²) >= 11 is 0. The highest BCUT2D eigenvalue weighted by Crippen LogP contribution is 2.16. The largest absolute Gasteiger partial charge is 0.450 e. The van der Waals surface area contributed by atoms with E-state index in [1.165, 1.54) is 12.8 Å². The number of carbonyl (C=O) groups is 1. The lowest BCUT2D eigenvalue weighted by atomic mass is 10.00. The Bertz CT molecular complexity index is 269. The SMILES string of the molecule is CCOC(=O)N1CCN(C2CCC(C)NC2)CC1. The van der Waals surface area contributed by atoms with Crippen molar-refractivity contribution in [2.24, 2.45) is 0 Å². The topological polar surface area (TPSA) is 44.8 Å². The third kappa shape index (κ3) is 3.36. The van der Waals surface area contributed by atoms with Crippen molar-refractivity contribution in [3.63, 3.8) is 0 Å². The maximum absolute atomic E-state index is 11.6. The van der Waals surface area contributed by atoms with Crippen LogP contribution >= 0.6 is 0 Å². The quantitative estimate of drug-likeness (QED) is 0.796. The molecule has 2 unspecified atom stereocenters. The first-order valence-corrected chi connectivity index (χ1v) is 7.10. The Balaban J connectivity index is 1.74. The van der Waals surface area contributed by atoms with E-state index >= 15 is 0 Å². The molecule has 18 heavy (non-hydrogen) atoms. The van der Waals surface area contributed by atoms with Gasteiger partial charge in [0.15, 0.2) is 0 Å². The molecule has 2 atom stereocenters. The van der Waals surface area contributed by atoms with E-state index in [0.717, 1.165) is 32.7 Å². The summed E-state index contributed by atoms with van der Waals surface area (Å²) in [5.74, 6) is 0. The molecule has 0 aromatic rings. The van der Waals surface area contributed by atoms with Crippen LogP contribution in [-0.2, 0) is 4.74 Å². The van der Waals surface area contributed by atoms with Crippen LogP contribution < -0.4 is 5.32 Å². The van der Waals surface area contributed by atoms with Gasteiger partial charge in [-0.2, -0.15) is 0 Å². The van der Waals surface area contributed by atoms with Crippen molar-refractivity contribution in [3.05, 3.63) is 0 Å². The smallest absolute Gasteiger partial charge is 0.409 e. The molecule has 0 aliphatic carbocycles. The van der Waals surface area contributed by atoms with Crippen molar-refractivity contribution in [3.8, 4) is 0 Å². The first-order valence-electron chi connectivity index (χ1n) is 7.10. The van der Waals surface area contributed by atoms with Crippen molar-refractivity contribution >= 4 is 6.09 Å². The van der Waals surface area contributed by atoms with Crippen molar-refractivity contribution in [2.45, 2.75) is 38.8 Å². The summed E-state index contributed by atoms with van der Waals surface area (Å²) in [6.07, 6.45) is 2.36. The van der Waals surface area contributed by atoms with Gasteiger partial charge in [0.1, 0.15) is 0 Å². The Kier molecular flexibility index (Phi) is 4.83. The molecule has 104 valence electrons. The highest BCUT2D eigenvalue weighted by Gasteiger charge is 2.28. The summed E-state index contributed by atoms with van der Waals surface area (Å²) in [6.45, 7) is 9.18. The zero-order chi connectivity index (χ0) is 13.0. The molecule has 0 aromatic heterocycles. The number of nitrogens with one attached hydrogen (secondary N) is 1. The zero-order valence-electron chi connectivity index (χ0n) is 11.5. The fourth-order valence-corrected chi connectivity index (χ4v) is 2.78. The molecule has 2 saturated heterocycles. The number of amides is 1.